The van der Waals surface area contributed by atoms with E-state index in [0.717, 1.165) is 32.5 Å². The first kappa shape index (κ1) is 25.2. The van der Waals surface area contributed by atoms with Crippen LogP contribution in [0.4, 0.5) is 0 Å². The lowest BCUT2D eigenvalue weighted by atomic mass is 9.97. The van der Waals surface area contributed by atoms with Crippen molar-refractivity contribution in [3.63, 3.8) is 0 Å². The van der Waals surface area contributed by atoms with Crippen LogP contribution in [0.2, 0.25) is 0 Å². The summed E-state index contributed by atoms with van der Waals surface area (Å²) in [4.78, 5) is 0. The predicted octanol–water partition coefficient (Wildman–Crippen LogP) is 8.39. The molecule has 0 heterocycles. The molecule has 1 aromatic rings. The largest absolute Gasteiger partial charge is 0.346 e. The first-order valence-corrected chi connectivity index (χ1v) is 12.1. The van der Waals surface area contributed by atoms with Crippen molar-refractivity contribution in [1.29, 1.82) is 0 Å². The molecule has 0 radical (unpaired) electrons. The average molecular weight is 391 g/mol. The van der Waals surface area contributed by atoms with Crippen molar-refractivity contribution in [2.75, 3.05) is 13.2 Å². The van der Waals surface area contributed by atoms with Crippen LogP contribution in [0, 0.1) is 0 Å². The molecule has 0 atom stereocenters. The molecule has 1 rings (SSSR count). The molecule has 28 heavy (non-hydrogen) atoms. The van der Waals surface area contributed by atoms with Crippen LogP contribution < -0.4 is 0 Å². The van der Waals surface area contributed by atoms with Crippen LogP contribution in [0.5, 0.6) is 0 Å². The maximum absolute atomic E-state index is 6.52. The van der Waals surface area contributed by atoms with Gasteiger partial charge in [0.2, 0.25) is 0 Å². The van der Waals surface area contributed by atoms with Crippen molar-refractivity contribution >= 4 is 0 Å². The Bertz CT molecular complexity index is 431. The van der Waals surface area contributed by atoms with Gasteiger partial charge in [-0.15, -0.1) is 0 Å². The first-order valence-electron chi connectivity index (χ1n) is 12.1. The van der Waals surface area contributed by atoms with Gasteiger partial charge in [-0.2, -0.15) is 0 Å². The first-order chi connectivity index (χ1) is 13.8. The summed E-state index contributed by atoms with van der Waals surface area (Å²) in [6.45, 7) is 8.33. The molecule has 162 valence electrons. The van der Waals surface area contributed by atoms with Gasteiger partial charge in [-0.3, -0.25) is 0 Å². The highest BCUT2D eigenvalue weighted by Crippen LogP contribution is 2.34. The molecule has 0 bridgehead atoms. The van der Waals surface area contributed by atoms with E-state index in [1.54, 1.807) is 0 Å². The molecule has 1 aromatic carbocycles. The molecule has 0 aromatic heterocycles. The lowest BCUT2D eigenvalue weighted by molar-refractivity contribution is -0.253. The van der Waals surface area contributed by atoms with E-state index in [9.17, 15) is 0 Å². The second-order valence-corrected chi connectivity index (χ2v) is 8.10. The quantitative estimate of drug-likeness (QED) is 0.174. The van der Waals surface area contributed by atoms with Crippen molar-refractivity contribution in [1.82, 2.24) is 0 Å². The van der Waals surface area contributed by atoms with E-state index in [0.29, 0.717) is 0 Å². The molecule has 0 N–H and O–H groups in total. The molecule has 0 spiro atoms. The molecule has 0 unspecified atom stereocenters. The second-order valence-electron chi connectivity index (χ2n) is 8.10. The summed E-state index contributed by atoms with van der Waals surface area (Å²) in [6.07, 6.45) is 17.3. The number of hydrogen-bond donors (Lipinski definition) is 0. The van der Waals surface area contributed by atoms with Gasteiger partial charge in [0.25, 0.3) is 0 Å². The van der Waals surface area contributed by atoms with Crippen molar-refractivity contribution in [3.8, 4) is 0 Å². The molecule has 2 heteroatoms. The summed E-state index contributed by atoms with van der Waals surface area (Å²) in [5.74, 6) is -0.563. The molecule has 0 aliphatic rings. The van der Waals surface area contributed by atoms with Crippen LogP contribution in [0.3, 0.4) is 0 Å². The zero-order chi connectivity index (χ0) is 20.3. The minimum Gasteiger partial charge on any atom is -0.346 e. The maximum Gasteiger partial charge on any atom is 0.194 e. The van der Waals surface area contributed by atoms with Crippen LogP contribution in [0.1, 0.15) is 116 Å². The number of hydrogen-bond acceptors (Lipinski definition) is 2. The van der Waals surface area contributed by atoms with Crippen LogP contribution >= 0.6 is 0 Å². The van der Waals surface area contributed by atoms with Gasteiger partial charge in [0.1, 0.15) is 0 Å². The van der Waals surface area contributed by atoms with Crippen molar-refractivity contribution < 1.29 is 9.47 Å². The molecule has 0 fully saturated rings. The minimum absolute atomic E-state index is 0.563. The lowest BCUT2D eigenvalue weighted by Crippen LogP contribution is -2.34. The van der Waals surface area contributed by atoms with Gasteiger partial charge in [0, 0.05) is 12.0 Å². The summed E-state index contributed by atoms with van der Waals surface area (Å²) in [5, 5.41) is 0. The van der Waals surface area contributed by atoms with Gasteiger partial charge in [-0.05, 0) is 19.3 Å². The summed E-state index contributed by atoms with van der Waals surface area (Å²) < 4.78 is 13.0. The summed E-state index contributed by atoms with van der Waals surface area (Å²) in [6, 6.07) is 10.7. The second kappa shape index (κ2) is 17.0. The molecule has 0 saturated heterocycles. The van der Waals surface area contributed by atoms with Gasteiger partial charge in [0.05, 0.1) is 13.2 Å². The van der Waals surface area contributed by atoms with Crippen molar-refractivity contribution in [2.24, 2.45) is 0 Å². The molecule has 0 amide bonds. The van der Waals surface area contributed by atoms with Crippen LogP contribution in [-0.4, -0.2) is 13.2 Å². The third-order valence-electron chi connectivity index (χ3n) is 5.49. The Labute approximate surface area is 175 Å². The van der Waals surface area contributed by atoms with Crippen LogP contribution in [-0.2, 0) is 15.3 Å². The zero-order valence-electron chi connectivity index (χ0n) is 19.0. The van der Waals surface area contributed by atoms with E-state index in [-0.39, 0.29) is 0 Å². The van der Waals surface area contributed by atoms with Gasteiger partial charge in [-0.1, -0.05) is 115 Å². The highest BCUT2D eigenvalue weighted by Gasteiger charge is 2.33. The zero-order valence-corrected chi connectivity index (χ0v) is 19.0. The van der Waals surface area contributed by atoms with Gasteiger partial charge in [0.15, 0.2) is 5.79 Å². The van der Waals surface area contributed by atoms with E-state index in [2.05, 4.69) is 51.1 Å². The van der Waals surface area contributed by atoms with E-state index >= 15 is 0 Å². The highest BCUT2D eigenvalue weighted by atomic mass is 16.7. The predicted molar refractivity (Wildman–Crippen MR) is 122 cm³/mol. The topological polar surface area (TPSA) is 18.5 Å². The third kappa shape index (κ3) is 10.6. The molecular weight excluding hydrogens is 344 g/mol. The standard InChI is InChI=1S/C26H46O2/c1-4-7-10-11-12-13-17-22-26(27-23-18-8-5-2,28-24-19-9-6-3)25-20-15-14-16-21-25/h14-16,20-21H,4-13,17-19,22-24H2,1-3H3. The fraction of sp³-hybridized carbons (Fsp3) is 0.769. The SMILES string of the molecule is CCCCCCCCCC(OCCCCC)(OCCCCC)c1ccccc1. The van der Waals surface area contributed by atoms with E-state index in [4.69, 9.17) is 9.47 Å². The van der Waals surface area contributed by atoms with Gasteiger partial charge in [-0.25, -0.2) is 0 Å². The number of ether oxygens (including phenoxy) is 2. The normalized spacial score (nSPS) is 11.8. The number of rotatable bonds is 19. The number of unbranched alkanes of at least 4 members (excludes halogenated alkanes) is 10. The Morgan fingerprint density at radius 3 is 1.57 bits per heavy atom. The van der Waals surface area contributed by atoms with Gasteiger partial charge < -0.3 is 9.47 Å². The highest BCUT2D eigenvalue weighted by molar-refractivity contribution is 5.20. The lowest BCUT2D eigenvalue weighted by Gasteiger charge is -2.35. The minimum atomic E-state index is -0.563. The van der Waals surface area contributed by atoms with Crippen molar-refractivity contribution in [3.05, 3.63) is 35.9 Å². The van der Waals surface area contributed by atoms with E-state index in [1.165, 1.54) is 76.2 Å². The summed E-state index contributed by atoms with van der Waals surface area (Å²) in [7, 11) is 0. The Morgan fingerprint density at radius 1 is 0.571 bits per heavy atom. The van der Waals surface area contributed by atoms with Crippen molar-refractivity contribution in [2.45, 2.75) is 116 Å². The van der Waals surface area contributed by atoms with Crippen LogP contribution in [0.25, 0.3) is 0 Å². The third-order valence-corrected chi connectivity index (χ3v) is 5.49. The Kier molecular flexibility index (Phi) is 15.3. The Balaban J connectivity index is 2.71. The number of benzene rings is 1. The monoisotopic (exact) mass is 390 g/mol. The Hall–Kier alpha value is -0.860. The van der Waals surface area contributed by atoms with Crippen LogP contribution in [0.15, 0.2) is 30.3 Å². The molecule has 0 aliphatic heterocycles. The molecule has 0 aliphatic carbocycles. The van der Waals surface area contributed by atoms with E-state index in [1.807, 2.05) is 0 Å². The smallest absolute Gasteiger partial charge is 0.194 e. The molecular formula is C26H46O2. The fourth-order valence-electron chi connectivity index (χ4n) is 3.68. The average Bonchev–Trinajstić information content (AvgIpc) is 2.73. The van der Waals surface area contributed by atoms with Gasteiger partial charge >= 0.3 is 0 Å². The maximum atomic E-state index is 6.52. The summed E-state index contributed by atoms with van der Waals surface area (Å²) >= 11 is 0. The summed E-state index contributed by atoms with van der Waals surface area (Å²) in [5.41, 5.74) is 1.19. The fourth-order valence-corrected chi connectivity index (χ4v) is 3.68. The Morgan fingerprint density at radius 2 is 1.04 bits per heavy atom. The molecule has 0 saturated carbocycles. The van der Waals surface area contributed by atoms with E-state index < -0.39 is 5.79 Å². The molecule has 2 nitrogen and oxygen atoms in total.